The Hall–Kier alpha value is -1.64. The van der Waals surface area contributed by atoms with Gasteiger partial charge in [-0.3, -0.25) is 4.79 Å². The monoisotopic (exact) mass is 338 g/mol. The molecule has 0 spiro atoms. The summed E-state index contributed by atoms with van der Waals surface area (Å²) in [4.78, 5) is 15.7. The third-order valence-corrected chi connectivity index (χ3v) is 3.93. The van der Waals surface area contributed by atoms with Gasteiger partial charge in [-0.15, -0.1) is 0 Å². The van der Waals surface area contributed by atoms with Gasteiger partial charge < -0.3 is 4.90 Å². The Labute approximate surface area is 127 Å². The van der Waals surface area contributed by atoms with E-state index < -0.39 is 24.1 Å². The van der Waals surface area contributed by atoms with Crippen LogP contribution in [0.3, 0.4) is 0 Å². The van der Waals surface area contributed by atoms with Crippen LogP contribution in [0.4, 0.5) is 27.6 Å². The van der Waals surface area contributed by atoms with Crippen LogP contribution in [0, 0.1) is 0 Å². The van der Waals surface area contributed by atoms with Gasteiger partial charge in [-0.25, -0.2) is 0 Å². The minimum absolute atomic E-state index is 0.0166. The molecule has 1 aliphatic rings. The fourth-order valence-corrected chi connectivity index (χ4v) is 2.95. The van der Waals surface area contributed by atoms with Gasteiger partial charge in [0.25, 0.3) is 0 Å². The number of anilines is 1. The number of rotatable bonds is 2. The van der Waals surface area contributed by atoms with E-state index in [4.69, 9.17) is 0 Å². The molecule has 1 fully saturated rings. The molecule has 2 rings (SSSR count). The summed E-state index contributed by atoms with van der Waals surface area (Å²) in [5, 5.41) is -0.101. The summed E-state index contributed by atoms with van der Waals surface area (Å²) in [7, 11) is 0. The van der Waals surface area contributed by atoms with E-state index in [9.17, 15) is 26.7 Å². The van der Waals surface area contributed by atoms with Gasteiger partial charge in [0, 0.05) is 17.5 Å². The smallest absolute Gasteiger partial charge is 0.320 e. The second kappa shape index (κ2) is 6.23. The molecule has 0 saturated carbocycles. The average molecular weight is 338 g/mol. The predicted octanol–water partition coefficient (Wildman–Crippen LogP) is 3.79. The summed E-state index contributed by atoms with van der Waals surface area (Å²) in [5.74, 6) is -1.60. The molecule has 0 aromatic heterocycles. The van der Waals surface area contributed by atoms with Crippen LogP contribution in [0.2, 0.25) is 0 Å². The van der Waals surface area contributed by atoms with E-state index in [1.165, 1.54) is 17.0 Å². The number of hydrogen-bond acceptors (Lipinski definition) is 2. The summed E-state index contributed by atoms with van der Waals surface area (Å²) in [6, 6.07) is 4.45. The van der Waals surface area contributed by atoms with E-state index >= 15 is 0 Å². The van der Waals surface area contributed by atoms with Gasteiger partial charge in [0.15, 0.2) is 5.17 Å². The highest BCUT2D eigenvalue weighted by molar-refractivity contribution is 8.15. The number of benzene rings is 1. The first-order valence-electron chi connectivity index (χ1n) is 6.20. The fourth-order valence-electron chi connectivity index (χ4n) is 1.91. The first kappa shape index (κ1) is 16.7. The van der Waals surface area contributed by atoms with Crippen molar-refractivity contribution in [3.8, 4) is 0 Å². The normalized spacial score (nSPS) is 21.0. The van der Waals surface area contributed by atoms with Gasteiger partial charge >= 0.3 is 18.5 Å². The summed E-state index contributed by atoms with van der Waals surface area (Å²) in [5.41, 5.74) is -0.693. The van der Waals surface area contributed by atoms with E-state index in [1.807, 2.05) is 0 Å². The van der Waals surface area contributed by atoms with Crippen molar-refractivity contribution in [2.75, 3.05) is 11.4 Å². The molecule has 0 N–H and O–H groups in total. The fraction of sp³-hybridized carbons (Fsp3) is 0.385. The zero-order valence-corrected chi connectivity index (χ0v) is 12.1. The predicted molar refractivity (Wildman–Crippen MR) is 74.3 cm³/mol. The molecular formula is C13H11F5N2OS. The Bertz CT molecular complexity index is 602. The second-order valence-electron chi connectivity index (χ2n) is 4.62. The molecule has 0 radical (unpaired) electrons. The van der Waals surface area contributed by atoms with Gasteiger partial charge in [0.1, 0.15) is 0 Å². The molecule has 1 atom stereocenters. The Morgan fingerprint density at radius 2 is 2.09 bits per heavy atom. The van der Waals surface area contributed by atoms with Crippen molar-refractivity contribution in [1.29, 1.82) is 0 Å². The van der Waals surface area contributed by atoms with E-state index in [0.717, 1.165) is 23.9 Å². The maximum absolute atomic E-state index is 12.7. The topological polar surface area (TPSA) is 32.7 Å². The molecule has 1 heterocycles. The highest BCUT2D eigenvalue weighted by atomic mass is 32.2. The third kappa shape index (κ3) is 3.76. The van der Waals surface area contributed by atoms with E-state index in [-0.39, 0.29) is 22.6 Å². The van der Waals surface area contributed by atoms with E-state index in [1.54, 1.807) is 6.92 Å². The van der Waals surface area contributed by atoms with Crippen molar-refractivity contribution in [1.82, 2.24) is 0 Å². The Morgan fingerprint density at radius 3 is 2.68 bits per heavy atom. The molecular weight excluding hydrogens is 327 g/mol. The Balaban J connectivity index is 2.35. The van der Waals surface area contributed by atoms with Crippen molar-refractivity contribution < 1.29 is 26.7 Å². The van der Waals surface area contributed by atoms with E-state index in [0.29, 0.717) is 0 Å². The SMILES string of the molecule is CC1CN(c2cccc(C(F)(F)F)c2)C(=NC(=O)C(F)F)S1. The van der Waals surface area contributed by atoms with Crippen molar-refractivity contribution in [3.63, 3.8) is 0 Å². The number of carbonyl (C=O) groups is 1. The number of amides is 1. The van der Waals surface area contributed by atoms with Crippen molar-refractivity contribution >= 4 is 28.5 Å². The Morgan fingerprint density at radius 1 is 1.41 bits per heavy atom. The molecule has 1 unspecified atom stereocenters. The number of carbonyl (C=O) groups excluding carboxylic acids is 1. The highest BCUT2D eigenvalue weighted by Crippen LogP contribution is 2.35. The maximum atomic E-state index is 12.7. The average Bonchev–Trinajstić information content (AvgIpc) is 2.78. The van der Waals surface area contributed by atoms with Crippen LogP contribution in [-0.2, 0) is 11.0 Å². The molecule has 0 aliphatic carbocycles. The number of aliphatic imine (C=N–C) groups is 1. The zero-order valence-electron chi connectivity index (χ0n) is 11.3. The third-order valence-electron chi connectivity index (χ3n) is 2.85. The maximum Gasteiger partial charge on any atom is 0.416 e. The molecule has 1 aromatic carbocycles. The van der Waals surface area contributed by atoms with Crippen LogP contribution < -0.4 is 4.90 Å². The van der Waals surface area contributed by atoms with Crippen LogP contribution in [0.1, 0.15) is 12.5 Å². The summed E-state index contributed by atoms with van der Waals surface area (Å²) in [6.07, 6.45) is -7.75. The van der Waals surface area contributed by atoms with Crippen LogP contribution in [0.5, 0.6) is 0 Å². The van der Waals surface area contributed by atoms with Crippen molar-refractivity contribution in [2.45, 2.75) is 24.8 Å². The quantitative estimate of drug-likeness (QED) is 0.769. The van der Waals surface area contributed by atoms with Crippen molar-refractivity contribution in [2.24, 2.45) is 4.99 Å². The number of halogens is 5. The minimum Gasteiger partial charge on any atom is -0.320 e. The van der Waals surface area contributed by atoms with E-state index in [2.05, 4.69) is 4.99 Å². The van der Waals surface area contributed by atoms with Crippen LogP contribution in [-0.4, -0.2) is 29.3 Å². The number of amidine groups is 1. The standard InChI is InChI=1S/C13H11F5N2OS/c1-7-6-20(12(22-7)19-11(21)10(14)15)9-4-2-3-8(5-9)13(16,17)18/h2-5,7,10H,6H2,1H3. The lowest BCUT2D eigenvalue weighted by molar-refractivity contribution is -0.137. The lowest BCUT2D eigenvalue weighted by Gasteiger charge is -2.19. The molecule has 1 amide bonds. The molecule has 1 aromatic rings. The van der Waals surface area contributed by atoms with Gasteiger partial charge in [0.05, 0.1) is 5.56 Å². The largest absolute Gasteiger partial charge is 0.416 e. The molecule has 9 heteroatoms. The summed E-state index contributed by atoms with van der Waals surface area (Å²) >= 11 is 1.07. The molecule has 120 valence electrons. The number of thioether (sulfide) groups is 1. The van der Waals surface area contributed by atoms with Crippen LogP contribution in [0.25, 0.3) is 0 Å². The lowest BCUT2D eigenvalue weighted by atomic mass is 10.2. The first-order chi connectivity index (χ1) is 10.2. The minimum atomic E-state index is -4.51. The van der Waals surface area contributed by atoms with Gasteiger partial charge in [-0.05, 0) is 18.2 Å². The van der Waals surface area contributed by atoms with Crippen LogP contribution in [0.15, 0.2) is 29.3 Å². The molecule has 3 nitrogen and oxygen atoms in total. The van der Waals surface area contributed by atoms with Crippen molar-refractivity contribution in [3.05, 3.63) is 29.8 Å². The van der Waals surface area contributed by atoms with Gasteiger partial charge in [0.2, 0.25) is 0 Å². The summed E-state index contributed by atoms with van der Waals surface area (Å²) < 4.78 is 62.8. The molecule has 1 saturated heterocycles. The molecule has 1 aliphatic heterocycles. The number of hydrogen-bond donors (Lipinski definition) is 0. The van der Waals surface area contributed by atoms with Gasteiger partial charge in [-0.1, -0.05) is 24.8 Å². The van der Waals surface area contributed by atoms with Crippen LogP contribution >= 0.6 is 11.8 Å². The number of nitrogens with zero attached hydrogens (tertiary/aromatic N) is 2. The highest BCUT2D eigenvalue weighted by Gasteiger charge is 2.33. The van der Waals surface area contributed by atoms with Gasteiger partial charge in [-0.2, -0.15) is 26.9 Å². The zero-order chi connectivity index (χ0) is 16.5. The summed E-state index contributed by atoms with van der Waals surface area (Å²) in [6.45, 7) is 2.04. The number of alkyl halides is 5. The molecule has 0 bridgehead atoms. The lowest BCUT2D eigenvalue weighted by Crippen LogP contribution is -2.26. The Kier molecular flexibility index (Phi) is 4.74. The first-order valence-corrected chi connectivity index (χ1v) is 7.08. The molecule has 22 heavy (non-hydrogen) atoms. The second-order valence-corrected chi connectivity index (χ2v) is 6.03.